The Balaban J connectivity index is 2.43. The normalized spacial score (nSPS) is 19.8. The number of ether oxygens (including phenoxy) is 1. The standard InChI is InChI=1S/C11H11BrF2O2/c12-8-2-1-7(9(13)10(8)14)11(15)3-5-16-6-4-11/h1-2,15H,3-6H2. The van der Waals surface area contributed by atoms with Crippen LogP contribution in [0.25, 0.3) is 0 Å². The largest absolute Gasteiger partial charge is 0.385 e. The molecule has 1 aliphatic heterocycles. The summed E-state index contributed by atoms with van der Waals surface area (Å²) < 4.78 is 32.2. The second kappa shape index (κ2) is 4.39. The minimum absolute atomic E-state index is 0.0106. The highest BCUT2D eigenvalue weighted by atomic mass is 79.9. The molecule has 0 spiro atoms. The summed E-state index contributed by atoms with van der Waals surface area (Å²) in [5.41, 5.74) is -1.30. The fraction of sp³-hybridized carbons (Fsp3) is 0.455. The number of rotatable bonds is 1. The highest BCUT2D eigenvalue weighted by molar-refractivity contribution is 9.10. The van der Waals surface area contributed by atoms with E-state index in [1.807, 2.05) is 0 Å². The van der Waals surface area contributed by atoms with Gasteiger partial charge in [0, 0.05) is 31.6 Å². The van der Waals surface area contributed by atoms with Crippen LogP contribution in [0.4, 0.5) is 8.78 Å². The van der Waals surface area contributed by atoms with Crippen molar-refractivity contribution in [1.82, 2.24) is 0 Å². The molecule has 1 aromatic rings. The molecule has 0 radical (unpaired) electrons. The van der Waals surface area contributed by atoms with E-state index >= 15 is 0 Å². The van der Waals surface area contributed by atoms with E-state index in [-0.39, 0.29) is 22.9 Å². The first-order valence-corrected chi connectivity index (χ1v) is 5.78. The summed E-state index contributed by atoms with van der Waals surface area (Å²) in [6.07, 6.45) is 0.565. The predicted molar refractivity (Wildman–Crippen MR) is 58.0 cm³/mol. The maximum atomic E-state index is 13.7. The van der Waals surface area contributed by atoms with Crippen molar-refractivity contribution in [3.63, 3.8) is 0 Å². The molecule has 5 heteroatoms. The average Bonchev–Trinajstić information content (AvgIpc) is 2.27. The molecule has 0 amide bonds. The number of aliphatic hydroxyl groups is 1. The maximum absolute atomic E-state index is 13.7. The smallest absolute Gasteiger partial charge is 0.173 e. The molecule has 2 rings (SSSR count). The van der Waals surface area contributed by atoms with Gasteiger partial charge in [0.2, 0.25) is 0 Å². The molecule has 0 bridgehead atoms. The van der Waals surface area contributed by atoms with Crippen LogP contribution in [0.2, 0.25) is 0 Å². The summed E-state index contributed by atoms with van der Waals surface area (Å²) in [4.78, 5) is 0. The zero-order valence-corrected chi connectivity index (χ0v) is 10.1. The van der Waals surface area contributed by atoms with Crippen LogP contribution in [0, 0.1) is 11.6 Å². The first-order valence-electron chi connectivity index (χ1n) is 4.99. The molecule has 16 heavy (non-hydrogen) atoms. The molecule has 0 saturated carbocycles. The van der Waals surface area contributed by atoms with Gasteiger partial charge in [-0.2, -0.15) is 0 Å². The van der Waals surface area contributed by atoms with Crippen LogP contribution < -0.4 is 0 Å². The highest BCUT2D eigenvalue weighted by Gasteiger charge is 2.35. The van der Waals surface area contributed by atoms with Gasteiger partial charge in [-0.05, 0) is 22.0 Å². The molecule has 88 valence electrons. The molecule has 0 aliphatic carbocycles. The Morgan fingerprint density at radius 3 is 2.44 bits per heavy atom. The summed E-state index contributed by atoms with van der Waals surface area (Å²) >= 11 is 2.90. The Morgan fingerprint density at radius 2 is 1.81 bits per heavy atom. The molecule has 0 unspecified atom stereocenters. The Bertz CT molecular complexity index is 403. The van der Waals surface area contributed by atoms with Crippen molar-refractivity contribution in [1.29, 1.82) is 0 Å². The molecule has 1 fully saturated rings. The van der Waals surface area contributed by atoms with Gasteiger partial charge in [-0.1, -0.05) is 6.07 Å². The van der Waals surface area contributed by atoms with E-state index in [0.29, 0.717) is 13.2 Å². The van der Waals surface area contributed by atoms with E-state index in [4.69, 9.17) is 4.74 Å². The number of halogens is 3. The molecule has 1 heterocycles. The lowest BCUT2D eigenvalue weighted by molar-refractivity contribution is -0.0701. The predicted octanol–water partition coefficient (Wildman–Crippen LogP) is 2.73. The monoisotopic (exact) mass is 292 g/mol. The maximum Gasteiger partial charge on any atom is 0.173 e. The van der Waals surface area contributed by atoms with Crippen molar-refractivity contribution in [2.75, 3.05) is 13.2 Å². The van der Waals surface area contributed by atoms with Crippen molar-refractivity contribution in [3.05, 3.63) is 33.8 Å². The third-order valence-electron chi connectivity index (χ3n) is 2.86. The molecule has 1 aromatic carbocycles. The van der Waals surface area contributed by atoms with Crippen LogP contribution in [-0.2, 0) is 10.3 Å². The van der Waals surface area contributed by atoms with Crippen molar-refractivity contribution in [2.24, 2.45) is 0 Å². The fourth-order valence-corrected chi connectivity index (χ4v) is 2.17. The van der Waals surface area contributed by atoms with E-state index < -0.39 is 17.2 Å². The molecule has 1 aliphatic rings. The van der Waals surface area contributed by atoms with Crippen molar-refractivity contribution in [3.8, 4) is 0 Å². The molecular formula is C11H11BrF2O2. The van der Waals surface area contributed by atoms with Gasteiger partial charge >= 0.3 is 0 Å². The van der Waals surface area contributed by atoms with Gasteiger partial charge in [0.1, 0.15) is 0 Å². The van der Waals surface area contributed by atoms with Crippen LogP contribution in [0.5, 0.6) is 0 Å². The molecule has 1 saturated heterocycles. The van der Waals surface area contributed by atoms with Crippen molar-refractivity contribution >= 4 is 15.9 Å². The Labute approximate surface area is 100 Å². The molecule has 0 atom stereocenters. The van der Waals surface area contributed by atoms with Crippen LogP contribution >= 0.6 is 15.9 Å². The summed E-state index contributed by atoms with van der Waals surface area (Å²) in [5.74, 6) is -1.95. The summed E-state index contributed by atoms with van der Waals surface area (Å²) in [6.45, 7) is 0.710. The van der Waals surface area contributed by atoms with Crippen LogP contribution in [-0.4, -0.2) is 18.3 Å². The van der Waals surface area contributed by atoms with E-state index in [2.05, 4.69) is 15.9 Å². The molecular weight excluding hydrogens is 282 g/mol. The molecule has 2 nitrogen and oxygen atoms in total. The fourth-order valence-electron chi connectivity index (χ4n) is 1.86. The lowest BCUT2D eigenvalue weighted by Gasteiger charge is -2.32. The minimum atomic E-state index is -1.32. The van der Waals surface area contributed by atoms with Gasteiger partial charge in [-0.15, -0.1) is 0 Å². The number of hydrogen-bond acceptors (Lipinski definition) is 2. The lowest BCUT2D eigenvalue weighted by atomic mass is 9.86. The van der Waals surface area contributed by atoms with Gasteiger partial charge in [0.05, 0.1) is 10.1 Å². The zero-order chi connectivity index (χ0) is 11.8. The molecule has 1 N–H and O–H groups in total. The Hall–Kier alpha value is -0.520. The first kappa shape index (κ1) is 12.0. The van der Waals surface area contributed by atoms with E-state index in [1.54, 1.807) is 0 Å². The second-order valence-electron chi connectivity index (χ2n) is 3.87. The van der Waals surface area contributed by atoms with Gasteiger partial charge in [-0.25, -0.2) is 8.78 Å². The Morgan fingerprint density at radius 1 is 1.19 bits per heavy atom. The zero-order valence-electron chi connectivity index (χ0n) is 8.47. The summed E-state index contributed by atoms with van der Waals surface area (Å²) in [7, 11) is 0. The van der Waals surface area contributed by atoms with E-state index in [0.717, 1.165) is 0 Å². The van der Waals surface area contributed by atoms with Crippen molar-refractivity contribution in [2.45, 2.75) is 18.4 Å². The van der Waals surface area contributed by atoms with Crippen molar-refractivity contribution < 1.29 is 18.6 Å². The van der Waals surface area contributed by atoms with E-state index in [1.165, 1.54) is 12.1 Å². The van der Waals surface area contributed by atoms with Crippen LogP contribution in [0.1, 0.15) is 18.4 Å². The van der Waals surface area contributed by atoms with Gasteiger partial charge < -0.3 is 9.84 Å². The number of benzene rings is 1. The third kappa shape index (κ3) is 1.99. The third-order valence-corrected chi connectivity index (χ3v) is 3.47. The SMILES string of the molecule is OC1(c2ccc(Br)c(F)c2F)CCOCC1. The Kier molecular flexibility index (Phi) is 3.28. The number of hydrogen-bond donors (Lipinski definition) is 1. The minimum Gasteiger partial charge on any atom is -0.385 e. The van der Waals surface area contributed by atoms with Gasteiger partial charge in [0.25, 0.3) is 0 Å². The van der Waals surface area contributed by atoms with Gasteiger partial charge in [0.15, 0.2) is 11.6 Å². The molecule has 0 aromatic heterocycles. The van der Waals surface area contributed by atoms with Crippen LogP contribution in [0.15, 0.2) is 16.6 Å². The second-order valence-corrected chi connectivity index (χ2v) is 4.72. The van der Waals surface area contributed by atoms with Gasteiger partial charge in [-0.3, -0.25) is 0 Å². The topological polar surface area (TPSA) is 29.5 Å². The lowest BCUT2D eigenvalue weighted by Crippen LogP contribution is -2.34. The van der Waals surface area contributed by atoms with Crippen LogP contribution in [0.3, 0.4) is 0 Å². The quantitative estimate of drug-likeness (QED) is 0.807. The first-order chi connectivity index (χ1) is 7.54. The summed E-state index contributed by atoms with van der Waals surface area (Å²) in [5, 5.41) is 10.2. The highest BCUT2D eigenvalue weighted by Crippen LogP contribution is 2.35. The van der Waals surface area contributed by atoms with E-state index in [9.17, 15) is 13.9 Å². The average molecular weight is 293 g/mol. The summed E-state index contributed by atoms with van der Waals surface area (Å²) in [6, 6.07) is 2.81.